The van der Waals surface area contributed by atoms with Crippen LogP contribution in [0.4, 0.5) is 4.39 Å². The minimum Gasteiger partial charge on any atom is -0.453 e. The molecule has 2 nitrogen and oxygen atoms in total. The highest BCUT2D eigenvalue weighted by Crippen LogP contribution is 2.36. The third-order valence-corrected chi connectivity index (χ3v) is 3.97. The Balaban J connectivity index is 2.52. The van der Waals surface area contributed by atoms with Crippen LogP contribution in [0.25, 0.3) is 0 Å². The van der Waals surface area contributed by atoms with Gasteiger partial charge in [-0.3, -0.25) is 0 Å². The number of para-hydroxylation sites is 1. The van der Waals surface area contributed by atoms with Crippen LogP contribution in [0.15, 0.2) is 30.3 Å². The zero-order valence-corrected chi connectivity index (χ0v) is 13.3. The van der Waals surface area contributed by atoms with E-state index >= 15 is 0 Å². The summed E-state index contributed by atoms with van der Waals surface area (Å²) in [7, 11) is 1.85. The van der Waals surface area contributed by atoms with E-state index in [4.69, 9.17) is 4.74 Å². The van der Waals surface area contributed by atoms with Gasteiger partial charge in [0, 0.05) is 11.6 Å². The van der Waals surface area contributed by atoms with E-state index in [1.807, 2.05) is 46.9 Å². The number of hydrogen-bond donors (Lipinski definition) is 1. The lowest BCUT2D eigenvalue weighted by atomic mass is 10.0. The van der Waals surface area contributed by atoms with Crippen molar-refractivity contribution in [2.24, 2.45) is 0 Å². The molecule has 2 aromatic rings. The van der Waals surface area contributed by atoms with Crippen molar-refractivity contribution < 1.29 is 9.13 Å². The lowest BCUT2D eigenvalue weighted by Crippen LogP contribution is -2.14. The Morgan fingerprint density at radius 1 is 1.00 bits per heavy atom. The van der Waals surface area contributed by atoms with Crippen molar-refractivity contribution in [2.75, 3.05) is 7.05 Å². The van der Waals surface area contributed by atoms with Crippen LogP contribution in [0.5, 0.6) is 11.5 Å². The summed E-state index contributed by atoms with van der Waals surface area (Å²) in [5.74, 6) is 0.704. The van der Waals surface area contributed by atoms with E-state index in [0.717, 1.165) is 28.0 Å². The van der Waals surface area contributed by atoms with E-state index in [2.05, 4.69) is 11.4 Å². The third-order valence-electron chi connectivity index (χ3n) is 3.97. The molecule has 0 aliphatic carbocycles. The van der Waals surface area contributed by atoms with Gasteiger partial charge >= 0.3 is 0 Å². The molecule has 0 spiro atoms. The molecule has 0 fully saturated rings. The maximum absolute atomic E-state index is 14.2. The van der Waals surface area contributed by atoms with E-state index in [1.54, 1.807) is 6.07 Å². The summed E-state index contributed by atoms with van der Waals surface area (Å²) in [6, 6.07) is 9.10. The summed E-state index contributed by atoms with van der Waals surface area (Å²) in [6.07, 6.45) is 0. The molecule has 1 N–H and O–H groups in total. The molecule has 3 heteroatoms. The van der Waals surface area contributed by atoms with Gasteiger partial charge in [-0.25, -0.2) is 4.39 Å². The van der Waals surface area contributed by atoms with E-state index < -0.39 is 0 Å². The zero-order valence-electron chi connectivity index (χ0n) is 13.3. The maximum Gasteiger partial charge on any atom is 0.167 e. The molecule has 112 valence electrons. The smallest absolute Gasteiger partial charge is 0.167 e. The Labute approximate surface area is 126 Å². The van der Waals surface area contributed by atoms with Crippen LogP contribution in [-0.4, -0.2) is 7.05 Å². The maximum atomic E-state index is 14.2. The van der Waals surface area contributed by atoms with Crippen molar-refractivity contribution in [1.29, 1.82) is 0 Å². The summed E-state index contributed by atoms with van der Waals surface area (Å²) < 4.78 is 20.2. The first-order valence-electron chi connectivity index (χ1n) is 7.16. The van der Waals surface area contributed by atoms with Crippen LogP contribution in [0.1, 0.15) is 35.2 Å². The molecule has 0 radical (unpaired) electrons. The summed E-state index contributed by atoms with van der Waals surface area (Å²) in [5.41, 5.74) is 4.00. The number of aryl methyl sites for hydroxylation is 2. The summed E-state index contributed by atoms with van der Waals surface area (Å²) in [4.78, 5) is 0. The highest BCUT2D eigenvalue weighted by Gasteiger charge is 2.17. The van der Waals surface area contributed by atoms with Crippen molar-refractivity contribution in [3.8, 4) is 11.5 Å². The van der Waals surface area contributed by atoms with Gasteiger partial charge in [0.1, 0.15) is 5.75 Å². The second-order valence-electron chi connectivity index (χ2n) is 5.42. The summed E-state index contributed by atoms with van der Waals surface area (Å²) in [6.45, 7) is 7.99. The first-order valence-corrected chi connectivity index (χ1v) is 7.16. The molecule has 21 heavy (non-hydrogen) atoms. The topological polar surface area (TPSA) is 21.3 Å². The van der Waals surface area contributed by atoms with Gasteiger partial charge in [0.05, 0.1) is 0 Å². The molecule has 2 aromatic carbocycles. The van der Waals surface area contributed by atoms with Crippen molar-refractivity contribution >= 4 is 0 Å². The Morgan fingerprint density at radius 2 is 1.67 bits per heavy atom. The van der Waals surface area contributed by atoms with Gasteiger partial charge in [-0.05, 0) is 57.5 Å². The van der Waals surface area contributed by atoms with Crippen LogP contribution in [0.2, 0.25) is 0 Å². The van der Waals surface area contributed by atoms with E-state index in [1.165, 1.54) is 6.07 Å². The molecule has 0 aromatic heterocycles. The molecule has 0 saturated carbocycles. The second-order valence-corrected chi connectivity index (χ2v) is 5.42. The normalized spacial score (nSPS) is 12.3. The minimum absolute atomic E-state index is 0.0149. The van der Waals surface area contributed by atoms with Crippen molar-refractivity contribution in [2.45, 2.75) is 33.7 Å². The molecular formula is C18H22FNO. The first-order chi connectivity index (χ1) is 9.95. The largest absolute Gasteiger partial charge is 0.453 e. The molecule has 1 unspecified atom stereocenters. The number of benzene rings is 2. The molecule has 0 saturated heterocycles. The molecule has 0 aliphatic rings. The Kier molecular flexibility index (Phi) is 4.63. The van der Waals surface area contributed by atoms with Crippen LogP contribution < -0.4 is 10.1 Å². The van der Waals surface area contributed by atoms with Crippen molar-refractivity contribution in [1.82, 2.24) is 5.32 Å². The minimum atomic E-state index is -0.338. The van der Waals surface area contributed by atoms with Crippen molar-refractivity contribution in [3.63, 3.8) is 0 Å². The van der Waals surface area contributed by atoms with Crippen LogP contribution in [0.3, 0.4) is 0 Å². The summed E-state index contributed by atoms with van der Waals surface area (Å²) in [5, 5.41) is 3.13. The van der Waals surface area contributed by atoms with Gasteiger partial charge in [0.15, 0.2) is 11.6 Å². The van der Waals surface area contributed by atoms with Crippen LogP contribution in [-0.2, 0) is 0 Å². The number of rotatable bonds is 4. The monoisotopic (exact) mass is 287 g/mol. The molecule has 2 rings (SSSR count). The van der Waals surface area contributed by atoms with Gasteiger partial charge in [0.25, 0.3) is 0 Å². The van der Waals surface area contributed by atoms with E-state index in [9.17, 15) is 4.39 Å². The lowest BCUT2D eigenvalue weighted by Gasteiger charge is -2.19. The average molecular weight is 287 g/mol. The molecule has 1 atom stereocenters. The predicted molar refractivity (Wildman–Crippen MR) is 84.6 cm³/mol. The highest BCUT2D eigenvalue weighted by atomic mass is 19.1. The standard InChI is InChI=1S/C18H22FNO/c1-11-9-10-12(2)17(13(11)3)21-18-15(14(4)20-5)7-6-8-16(18)19/h6-10,14,20H,1-5H3. The van der Waals surface area contributed by atoms with Gasteiger partial charge in [-0.15, -0.1) is 0 Å². The SMILES string of the molecule is CNC(C)c1cccc(F)c1Oc1c(C)ccc(C)c1C. The Morgan fingerprint density at radius 3 is 2.33 bits per heavy atom. The quantitative estimate of drug-likeness (QED) is 0.870. The van der Waals surface area contributed by atoms with E-state index in [0.29, 0.717) is 5.75 Å². The Hall–Kier alpha value is -1.87. The average Bonchev–Trinajstić information content (AvgIpc) is 2.48. The molecule has 0 aliphatic heterocycles. The second kappa shape index (κ2) is 6.27. The fourth-order valence-electron chi connectivity index (χ4n) is 2.31. The fraction of sp³-hybridized carbons (Fsp3) is 0.333. The Bertz CT molecular complexity index is 652. The first kappa shape index (κ1) is 15.5. The van der Waals surface area contributed by atoms with E-state index in [-0.39, 0.29) is 11.9 Å². The predicted octanol–water partition coefficient (Wildman–Crippen LogP) is 4.82. The number of halogens is 1. The van der Waals surface area contributed by atoms with Gasteiger partial charge in [-0.2, -0.15) is 0 Å². The van der Waals surface area contributed by atoms with Gasteiger partial charge in [0.2, 0.25) is 0 Å². The van der Waals surface area contributed by atoms with Gasteiger partial charge in [-0.1, -0.05) is 24.3 Å². The molecule has 0 bridgehead atoms. The van der Waals surface area contributed by atoms with Crippen molar-refractivity contribution in [3.05, 3.63) is 58.4 Å². The fourth-order valence-corrected chi connectivity index (χ4v) is 2.31. The number of ether oxygens (including phenoxy) is 1. The molecular weight excluding hydrogens is 265 g/mol. The lowest BCUT2D eigenvalue weighted by molar-refractivity contribution is 0.423. The van der Waals surface area contributed by atoms with Crippen LogP contribution in [0, 0.1) is 26.6 Å². The number of nitrogens with one attached hydrogen (secondary N) is 1. The molecule has 0 amide bonds. The third kappa shape index (κ3) is 3.08. The highest BCUT2D eigenvalue weighted by molar-refractivity contribution is 5.49. The van der Waals surface area contributed by atoms with Gasteiger partial charge < -0.3 is 10.1 Å². The van der Waals surface area contributed by atoms with Crippen LogP contribution >= 0.6 is 0 Å². The summed E-state index contributed by atoms with van der Waals surface area (Å²) >= 11 is 0. The molecule has 0 heterocycles. The zero-order chi connectivity index (χ0) is 15.6. The number of hydrogen-bond acceptors (Lipinski definition) is 2.